The summed E-state index contributed by atoms with van der Waals surface area (Å²) in [6.45, 7) is 0. The van der Waals surface area contributed by atoms with Gasteiger partial charge in [-0.3, -0.25) is 0 Å². The molecule has 0 atom stereocenters. The molecule has 0 aliphatic carbocycles. The maximum absolute atomic E-state index is 7.34. The van der Waals surface area contributed by atoms with Crippen LogP contribution in [0.15, 0.2) is 215 Å². The number of hydrogen-bond donors (Lipinski definition) is 0. The van der Waals surface area contributed by atoms with Gasteiger partial charge in [0.1, 0.15) is 22.3 Å². The summed E-state index contributed by atoms with van der Waals surface area (Å²) in [6.07, 6.45) is 0. The van der Waals surface area contributed by atoms with E-state index in [9.17, 15) is 0 Å². The molecule has 0 saturated heterocycles. The van der Waals surface area contributed by atoms with E-state index in [1.807, 2.05) is 0 Å². The van der Waals surface area contributed by atoms with Crippen molar-refractivity contribution in [2.75, 3.05) is 0 Å². The number of hydrogen-bond acceptors (Lipinski definition) is 2. The Morgan fingerprint density at radius 3 is 0.924 bits per heavy atom. The molecule has 16 rings (SSSR count). The lowest BCUT2D eigenvalue weighted by atomic mass is 9.79. The Bertz CT molecular complexity index is 4280. The lowest BCUT2D eigenvalue weighted by Gasteiger charge is -2.26. The first-order valence-corrected chi connectivity index (χ1v) is 22.8. The summed E-state index contributed by atoms with van der Waals surface area (Å²) in [7, 11) is 0. The van der Waals surface area contributed by atoms with E-state index in [0.717, 1.165) is 44.2 Å². The SMILES string of the molecule is c1ccc(-c2cc(-c3ccccc3)c3c4cc5oc6ccc7c8cccc9c(-c%10ccccc%10)cc(-c%10ccccc%10)c(c%10cc%11oc%12ccc(c%13cccc2c%133)c4c%12c5-c%11c6c7%10)c98)cc1. The summed E-state index contributed by atoms with van der Waals surface area (Å²) < 4.78 is 14.7. The van der Waals surface area contributed by atoms with Crippen molar-refractivity contribution in [2.24, 2.45) is 0 Å². The zero-order valence-electron chi connectivity index (χ0n) is 35.4. The number of fused-ring (bicyclic) bond motifs is 4. The molecule has 14 aromatic rings. The van der Waals surface area contributed by atoms with E-state index in [-0.39, 0.29) is 0 Å². The normalized spacial score (nSPS) is 12.5. The quantitative estimate of drug-likeness (QED) is 0.130. The monoisotopic (exact) mass is 834 g/mol. The molecule has 2 aliphatic heterocycles. The Labute approximate surface area is 377 Å². The summed E-state index contributed by atoms with van der Waals surface area (Å²) in [6, 6.07) is 75.6. The summed E-state index contributed by atoms with van der Waals surface area (Å²) >= 11 is 0. The molecule has 2 nitrogen and oxygen atoms in total. The van der Waals surface area contributed by atoms with Crippen molar-refractivity contribution in [3.8, 4) is 55.6 Å². The van der Waals surface area contributed by atoms with Crippen LogP contribution in [0.5, 0.6) is 0 Å². The fourth-order valence-electron chi connectivity index (χ4n) is 12.3. The molecule has 0 radical (unpaired) electrons. The molecular weight excluding hydrogens is 801 g/mol. The standard InChI is InChI=1S/C64H34O2/c1-5-15-35(16-6-1)45-31-47(37-19-9-3-10-20-37)59-49-33-53-63-61-51(29-27-43(57(49)61)39-23-13-25-41(45)55(39)59)66-54-34-50-58-44(28-30-52(65-53)62(58)64(54)63)40-24-14-26-42-46(36-17-7-2-8-18-36)32-48(60(50)56(40)42)38-21-11-4-12-22-38/h1-34H. The Balaban J connectivity index is 1.10. The van der Waals surface area contributed by atoms with Crippen LogP contribution in [0.25, 0.3) is 164 Å². The third-order valence-corrected chi connectivity index (χ3v) is 14.9. The van der Waals surface area contributed by atoms with Crippen LogP contribution in [-0.2, 0) is 0 Å². The second kappa shape index (κ2) is 12.5. The maximum Gasteiger partial charge on any atom is 0.136 e. The summed E-state index contributed by atoms with van der Waals surface area (Å²) in [5.74, 6) is 0. The molecule has 0 N–H and O–H groups in total. The Hall–Kier alpha value is -8.72. The van der Waals surface area contributed by atoms with Crippen molar-refractivity contribution in [1.82, 2.24) is 0 Å². The van der Waals surface area contributed by atoms with E-state index in [0.29, 0.717) is 0 Å². The number of rotatable bonds is 4. The molecule has 0 saturated carbocycles. The van der Waals surface area contributed by atoms with Crippen LogP contribution >= 0.6 is 0 Å². The second-order valence-electron chi connectivity index (χ2n) is 18.1. The zero-order valence-corrected chi connectivity index (χ0v) is 35.4. The van der Waals surface area contributed by atoms with Crippen molar-refractivity contribution in [3.63, 3.8) is 0 Å². The average molecular weight is 835 g/mol. The molecule has 14 aromatic carbocycles. The van der Waals surface area contributed by atoms with Crippen LogP contribution in [0, 0.1) is 0 Å². The molecule has 0 unspecified atom stereocenters. The molecule has 0 amide bonds. The van der Waals surface area contributed by atoms with E-state index >= 15 is 0 Å². The predicted molar refractivity (Wildman–Crippen MR) is 278 cm³/mol. The topological polar surface area (TPSA) is 26.3 Å². The molecular formula is C64H34O2. The molecule has 0 fully saturated rings. The van der Waals surface area contributed by atoms with Gasteiger partial charge in [0.05, 0.1) is 0 Å². The van der Waals surface area contributed by atoms with Gasteiger partial charge in [0.2, 0.25) is 0 Å². The van der Waals surface area contributed by atoms with E-state index in [1.165, 1.54) is 120 Å². The molecule has 2 heteroatoms. The van der Waals surface area contributed by atoms with Crippen molar-refractivity contribution in [1.29, 1.82) is 0 Å². The van der Waals surface area contributed by atoms with Crippen LogP contribution in [0.2, 0.25) is 0 Å². The Morgan fingerprint density at radius 2 is 0.530 bits per heavy atom. The van der Waals surface area contributed by atoms with Crippen LogP contribution in [0.3, 0.4) is 0 Å². The van der Waals surface area contributed by atoms with Gasteiger partial charge in [-0.25, -0.2) is 0 Å². The smallest absolute Gasteiger partial charge is 0.136 e. The van der Waals surface area contributed by atoms with Gasteiger partial charge in [-0.15, -0.1) is 0 Å². The first kappa shape index (κ1) is 34.7. The van der Waals surface area contributed by atoms with Crippen LogP contribution in [-0.4, -0.2) is 0 Å². The van der Waals surface area contributed by atoms with Gasteiger partial charge in [0, 0.05) is 32.7 Å². The van der Waals surface area contributed by atoms with Crippen molar-refractivity contribution < 1.29 is 8.83 Å². The fourth-order valence-corrected chi connectivity index (χ4v) is 12.3. The van der Waals surface area contributed by atoms with E-state index < -0.39 is 0 Å². The maximum atomic E-state index is 7.34. The summed E-state index contributed by atoms with van der Waals surface area (Å²) in [5, 5.41) is 19.4. The summed E-state index contributed by atoms with van der Waals surface area (Å²) in [4.78, 5) is 0. The first-order chi connectivity index (χ1) is 32.8. The Kier molecular flexibility index (Phi) is 6.58. The lowest BCUT2D eigenvalue weighted by Crippen LogP contribution is -1.99. The molecule has 0 aromatic heterocycles. The van der Waals surface area contributed by atoms with Gasteiger partial charge in [-0.1, -0.05) is 158 Å². The fraction of sp³-hybridized carbons (Fsp3) is 0. The van der Waals surface area contributed by atoms with Crippen LogP contribution in [0.1, 0.15) is 0 Å². The molecule has 66 heavy (non-hydrogen) atoms. The predicted octanol–water partition coefficient (Wildman–Crippen LogP) is 18.5. The minimum Gasteiger partial charge on any atom is -0.456 e. The minimum atomic E-state index is 0.857. The van der Waals surface area contributed by atoms with Crippen molar-refractivity contribution in [2.45, 2.75) is 0 Å². The highest BCUT2D eigenvalue weighted by Gasteiger charge is 2.31. The van der Waals surface area contributed by atoms with Gasteiger partial charge >= 0.3 is 0 Å². The number of benzene rings is 14. The van der Waals surface area contributed by atoms with Crippen LogP contribution in [0.4, 0.5) is 0 Å². The van der Waals surface area contributed by atoms with Crippen molar-refractivity contribution >= 4 is 109 Å². The average Bonchev–Trinajstić information content (AvgIpc) is 3.38. The zero-order chi connectivity index (χ0) is 42.8. The molecule has 2 aliphatic rings. The van der Waals surface area contributed by atoms with Crippen LogP contribution < -0.4 is 0 Å². The second-order valence-corrected chi connectivity index (χ2v) is 18.1. The highest BCUT2D eigenvalue weighted by atomic mass is 16.3. The van der Waals surface area contributed by atoms with Gasteiger partial charge in [0.15, 0.2) is 0 Å². The van der Waals surface area contributed by atoms with E-state index in [1.54, 1.807) is 0 Å². The van der Waals surface area contributed by atoms with Crippen molar-refractivity contribution in [3.05, 3.63) is 206 Å². The molecule has 0 spiro atoms. The molecule has 0 bridgehead atoms. The first-order valence-electron chi connectivity index (χ1n) is 22.8. The van der Waals surface area contributed by atoms with Gasteiger partial charge in [-0.05, 0) is 158 Å². The van der Waals surface area contributed by atoms with E-state index in [4.69, 9.17) is 8.83 Å². The highest BCUT2D eigenvalue weighted by molar-refractivity contribution is 6.44. The largest absolute Gasteiger partial charge is 0.456 e. The molecule has 302 valence electrons. The van der Waals surface area contributed by atoms with Gasteiger partial charge in [-0.2, -0.15) is 0 Å². The Morgan fingerprint density at radius 1 is 0.197 bits per heavy atom. The third-order valence-electron chi connectivity index (χ3n) is 14.9. The third kappa shape index (κ3) is 4.36. The summed E-state index contributed by atoms with van der Waals surface area (Å²) in [5.41, 5.74) is 15.3. The van der Waals surface area contributed by atoms with Gasteiger partial charge in [0.25, 0.3) is 0 Å². The van der Waals surface area contributed by atoms with E-state index in [2.05, 4.69) is 206 Å². The molecule has 2 heterocycles. The minimum absolute atomic E-state index is 0.857. The lowest BCUT2D eigenvalue weighted by molar-refractivity contribution is 0.647. The van der Waals surface area contributed by atoms with Gasteiger partial charge < -0.3 is 8.83 Å². The highest BCUT2D eigenvalue weighted by Crippen LogP contribution is 2.57.